The number of carbonyl (C=O) groups excluding carboxylic acids is 1. The van der Waals surface area contributed by atoms with Crippen molar-refractivity contribution in [2.24, 2.45) is 0 Å². The second-order valence-electron chi connectivity index (χ2n) is 14.7. The smallest absolute Gasteiger partial charge is 0.249 e. The topological polar surface area (TPSA) is 189 Å². The van der Waals surface area contributed by atoms with Crippen molar-refractivity contribution in [3.63, 3.8) is 0 Å². The molecule has 310 valence electrons. The van der Waals surface area contributed by atoms with Gasteiger partial charge in [0.15, 0.2) is 6.29 Å². The fourth-order valence-corrected chi connectivity index (χ4v) is 6.48. The highest BCUT2D eigenvalue weighted by Crippen LogP contribution is 2.23. The zero-order valence-electron chi connectivity index (χ0n) is 33.0. The van der Waals surface area contributed by atoms with Crippen molar-refractivity contribution >= 4 is 5.91 Å². The first kappa shape index (κ1) is 49.3. The lowest BCUT2D eigenvalue weighted by molar-refractivity contribution is -0.303. The van der Waals surface area contributed by atoms with Crippen LogP contribution in [0.5, 0.6) is 0 Å². The normalized spacial score (nSPS) is 23.2. The zero-order chi connectivity index (χ0) is 39.1. The molecule has 0 bridgehead atoms. The summed E-state index contributed by atoms with van der Waals surface area (Å²) in [4.78, 5) is 13.0. The molecule has 0 saturated carbocycles. The van der Waals surface area contributed by atoms with Crippen LogP contribution in [0.4, 0.5) is 0 Å². The van der Waals surface area contributed by atoms with Gasteiger partial charge in [0.05, 0.1) is 25.4 Å². The molecule has 0 spiro atoms. The van der Waals surface area contributed by atoms with Gasteiger partial charge in [0.1, 0.15) is 36.6 Å². The van der Waals surface area contributed by atoms with Crippen LogP contribution in [-0.2, 0) is 14.3 Å². The van der Waals surface area contributed by atoms with Crippen molar-refractivity contribution in [3.05, 3.63) is 36.5 Å². The summed E-state index contributed by atoms with van der Waals surface area (Å²) >= 11 is 0. The molecular formula is C42H77NO10. The first-order valence-electron chi connectivity index (χ1n) is 20.9. The third-order valence-electron chi connectivity index (χ3n) is 10.00. The maximum absolute atomic E-state index is 13.0. The lowest BCUT2D eigenvalue weighted by Crippen LogP contribution is -2.60. The van der Waals surface area contributed by atoms with Crippen LogP contribution in [-0.4, -0.2) is 110 Å². The van der Waals surface area contributed by atoms with E-state index in [9.17, 15) is 40.5 Å². The van der Waals surface area contributed by atoms with Crippen LogP contribution in [0, 0.1) is 0 Å². The van der Waals surface area contributed by atoms with E-state index in [-0.39, 0.29) is 12.8 Å². The minimum absolute atomic E-state index is 0.240. The number of unbranched alkanes of at least 4 members (excludes halogenated alkanes) is 16. The van der Waals surface area contributed by atoms with E-state index in [0.29, 0.717) is 19.3 Å². The molecule has 0 aromatic carbocycles. The van der Waals surface area contributed by atoms with Crippen molar-refractivity contribution in [1.29, 1.82) is 0 Å². The minimum Gasteiger partial charge on any atom is -0.394 e. The molecule has 1 aliphatic rings. The predicted octanol–water partition coefficient (Wildman–Crippen LogP) is 5.66. The fraction of sp³-hybridized carbons (Fsp3) is 0.833. The van der Waals surface area contributed by atoms with Crippen LogP contribution in [0.3, 0.4) is 0 Å². The Hall–Kier alpha value is -1.67. The van der Waals surface area contributed by atoms with E-state index in [0.717, 1.165) is 44.9 Å². The zero-order valence-corrected chi connectivity index (χ0v) is 33.0. The SMILES string of the molecule is C/C=C/CC/C=C/CC/C=C/CCCC(O)C(O)C(COC1OC(CO)C(O)C(O)C1O)NC(=O)C(O)CCCCCCCCCCCCCCCC. The average molecular weight is 756 g/mol. The van der Waals surface area contributed by atoms with Gasteiger partial charge in [-0.05, 0) is 58.3 Å². The standard InChI is InChI=1S/C42H77NO10/c1-3-5-7-9-11-13-15-17-18-20-22-24-26-28-30-35(46)41(51)43-33(32-52-42-40(50)39(49)38(48)36(31-44)53-42)37(47)34(45)29-27-25-23-21-19-16-14-12-10-8-6-4-2/h4,6,12,14,21,23,33-40,42,44-50H,3,5,7-11,13,15-20,22,24-32H2,1-2H3,(H,43,51)/b6-4+,14-12+,23-21+. The number of rotatable bonds is 33. The van der Waals surface area contributed by atoms with Gasteiger partial charge in [-0.15, -0.1) is 0 Å². The van der Waals surface area contributed by atoms with E-state index < -0.39 is 74.2 Å². The Labute approximate surface area is 320 Å². The molecule has 1 amide bonds. The van der Waals surface area contributed by atoms with Crippen LogP contribution in [0.15, 0.2) is 36.5 Å². The Morgan fingerprint density at radius 3 is 1.72 bits per heavy atom. The largest absolute Gasteiger partial charge is 0.394 e. The first-order chi connectivity index (χ1) is 25.7. The highest BCUT2D eigenvalue weighted by atomic mass is 16.7. The molecule has 8 N–H and O–H groups in total. The summed E-state index contributed by atoms with van der Waals surface area (Å²) in [6.45, 7) is 3.17. The number of nitrogens with one attached hydrogen (secondary N) is 1. The summed E-state index contributed by atoms with van der Waals surface area (Å²) in [6.07, 6.45) is 23.6. The van der Waals surface area contributed by atoms with E-state index in [1.165, 1.54) is 64.2 Å². The van der Waals surface area contributed by atoms with Crippen molar-refractivity contribution in [2.45, 2.75) is 210 Å². The lowest BCUT2D eigenvalue weighted by Gasteiger charge is -2.40. The molecule has 1 fully saturated rings. The molecule has 0 radical (unpaired) electrons. The van der Waals surface area contributed by atoms with Crippen molar-refractivity contribution in [1.82, 2.24) is 5.32 Å². The third kappa shape index (κ3) is 23.1. The van der Waals surface area contributed by atoms with Gasteiger partial charge in [-0.25, -0.2) is 0 Å². The number of hydrogen-bond donors (Lipinski definition) is 8. The highest BCUT2D eigenvalue weighted by molar-refractivity contribution is 5.80. The number of aliphatic hydroxyl groups excluding tert-OH is 7. The number of hydrogen-bond acceptors (Lipinski definition) is 10. The van der Waals surface area contributed by atoms with Crippen molar-refractivity contribution in [2.75, 3.05) is 13.2 Å². The third-order valence-corrected chi connectivity index (χ3v) is 10.00. The summed E-state index contributed by atoms with van der Waals surface area (Å²) in [6, 6.07) is -1.19. The summed E-state index contributed by atoms with van der Waals surface area (Å²) in [5.74, 6) is -0.716. The summed E-state index contributed by atoms with van der Waals surface area (Å²) in [5, 5.41) is 75.3. The van der Waals surface area contributed by atoms with E-state index in [1.54, 1.807) is 0 Å². The van der Waals surface area contributed by atoms with Crippen LogP contribution in [0.2, 0.25) is 0 Å². The Bertz CT molecular complexity index is 960. The molecule has 1 aliphatic heterocycles. The molecule has 1 saturated heterocycles. The summed E-state index contributed by atoms with van der Waals surface area (Å²) in [7, 11) is 0. The lowest BCUT2D eigenvalue weighted by atomic mass is 9.98. The Kier molecular flexibility index (Phi) is 30.3. The molecular weight excluding hydrogens is 678 g/mol. The van der Waals surface area contributed by atoms with Gasteiger partial charge in [-0.2, -0.15) is 0 Å². The molecule has 9 atom stereocenters. The van der Waals surface area contributed by atoms with Gasteiger partial charge in [0, 0.05) is 0 Å². The molecule has 53 heavy (non-hydrogen) atoms. The van der Waals surface area contributed by atoms with Crippen molar-refractivity contribution in [3.8, 4) is 0 Å². The Balaban J connectivity index is 2.55. The monoisotopic (exact) mass is 756 g/mol. The van der Waals surface area contributed by atoms with Crippen LogP contribution in [0.25, 0.3) is 0 Å². The molecule has 9 unspecified atom stereocenters. The number of amides is 1. The maximum Gasteiger partial charge on any atom is 0.249 e. The number of ether oxygens (including phenoxy) is 2. The van der Waals surface area contributed by atoms with Gasteiger partial charge in [0.2, 0.25) is 5.91 Å². The molecule has 0 aromatic heterocycles. The molecule has 0 aromatic rings. The van der Waals surface area contributed by atoms with Crippen molar-refractivity contribution < 1.29 is 50.0 Å². The number of carbonyl (C=O) groups is 1. The van der Waals surface area contributed by atoms with Gasteiger partial charge < -0.3 is 50.5 Å². The molecule has 1 heterocycles. The molecule has 1 rings (SSSR count). The summed E-state index contributed by atoms with van der Waals surface area (Å²) in [5.41, 5.74) is 0. The van der Waals surface area contributed by atoms with Crippen LogP contribution >= 0.6 is 0 Å². The maximum atomic E-state index is 13.0. The van der Waals surface area contributed by atoms with Crippen LogP contribution in [0.1, 0.15) is 155 Å². The van der Waals surface area contributed by atoms with E-state index >= 15 is 0 Å². The second-order valence-corrected chi connectivity index (χ2v) is 14.7. The highest BCUT2D eigenvalue weighted by Gasteiger charge is 2.44. The molecule has 11 heteroatoms. The van der Waals surface area contributed by atoms with E-state index in [4.69, 9.17) is 9.47 Å². The van der Waals surface area contributed by atoms with Gasteiger partial charge in [0.25, 0.3) is 0 Å². The average Bonchev–Trinajstić information content (AvgIpc) is 3.16. The Morgan fingerprint density at radius 2 is 1.19 bits per heavy atom. The van der Waals surface area contributed by atoms with E-state index in [2.05, 4.69) is 36.5 Å². The minimum atomic E-state index is -1.67. The molecule has 0 aliphatic carbocycles. The number of allylic oxidation sites excluding steroid dienone is 6. The van der Waals surface area contributed by atoms with Gasteiger partial charge in [-0.1, -0.05) is 133 Å². The van der Waals surface area contributed by atoms with Crippen LogP contribution < -0.4 is 5.32 Å². The van der Waals surface area contributed by atoms with Gasteiger partial charge in [-0.3, -0.25) is 4.79 Å². The Morgan fingerprint density at radius 1 is 0.679 bits per heavy atom. The second kappa shape index (κ2) is 32.6. The summed E-state index contributed by atoms with van der Waals surface area (Å²) < 4.78 is 11.0. The van der Waals surface area contributed by atoms with Gasteiger partial charge >= 0.3 is 0 Å². The fourth-order valence-electron chi connectivity index (χ4n) is 6.48. The van der Waals surface area contributed by atoms with E-state index in [1.807, 2.05) is 19.1 Å². The number of aliphatic hydroxyl groups is 7. The quantitative estimate of drug-likeness (QED) is 0.0307. The predicted molar refractivity (Wildman–Crippen MR) is 210 cm³/mol. The molecule has 11 nitrogen and oxygen atoms in total. The first-order valence-corrected chi connectivity index (χ1v) is 20.9.